The summed E-state index contributed by atoms with van der Waals surface area (Å²) in [7, 11) is 0. The first-order valence-corrected chi connectivity index (χ1v) is 10.8. The van der Waals surface area contributed by atoms with E-state index in [4.69, 9.17) is 0 Å². The molecule has 0 fully saturated rings. The Morgan fingerprint density at radius 3 is 1.00 bits per heavy atom. The minimum Gasteiger partial charge on any atom is -0.207 e. The lowest BCUT2D eigenvalue weighted by atomic mass is 9.87. The van der Waals surface area contributed by atoms with E-state index in [1.54, 1.807) is 0 Å². The van der Waals surface area contributed by atoms with E-state index in [0.717, 1.165) is 44.5 Å². The van der Waals surface area contributed by atoms with E-state index in [-0.39, 0.29) is 0 Å². The summed E-state index contributed by atoms with van der Waals surface area (Å²) in [5.41, 5.74) is 2.29. The average molecular weight is 452 g/mol. The fourth-order valence-corrected chi connectivity index (χ4v) is 4.85. The molecule has 0 bridgehead atoms. The van der Waals surface area contributed by atoms with Crippen molar-refractivity contribution in [3.8, 4) is 22.3 Å². The van der Waals surface area contributed by atoms with E-state index in [1.807, 2.05) is 60.7 Å². The molecule has 0 aliphatic carbocycles. The van der Waals surface area contributed by atoms with Crippen LogP contribution in [0.1, 0.15) is 0 Å². The minimum atomic E-state index is -0.646. The zero-order valence-corrected chi connectivity index (χ0v) is 17.7. The van der Waals surface area contributed by atoms with Crippen molar-refractivity contribution in [1.29, 1.82) is 0 Å². The second-order valence-electron chi connectivity index (χ2n) is 8.35. The molecule has 6 rings (SSSR count). The second kappa shape index (κ2) is 7.70. The second-order valence-corrected chi connectivity index (χ2v) is 8.35. The maximum Gasteiger partial charge on any atom is 0.126 e. The maximum atomic E-state index is 14.1. The van der Waals surface area contributed by atoms with E-state index >= 15 is 0 Å². The molecule has 0 N–H and O–H groups in total. The third-order valence-electron chi connectivity index (χ3n) is 6.23. The molecule has 6 aromatic rings. The summed E-state index contributed by atoms with van der Waals surface area (Å²) >= 11 is 0. The van der Waals surface area contributed by atoms with Crippen LogP contribution in [-0.4, -0.2) is 0 Å². The van der Waals surface area contributed by atoms with Crippen molar-refractivity contribution in [2.24, 2.45) is 0 Å². The Hall–Kier alpha value is -4.18. The third-order valence-corrected chi connectivity index (χ3v) is 6.23. The fourth-order valence-electron chi connectivity index (χ4n) is 4.85. The number of fused-ring (bicyclic) bond motifs is 5. The highest BCUT2D eigenvalue weighted by Crippen LogP contribution is 2.42. The van der Waals surface area contributed by atoms with Gasteiger partial charge in [-0.3, -0.25) is 0 Å². The topological polar surface area (TPSA) is 0 Å². The highest BCUT2D eigenvalue weighted by atomic mass is 19.1. The monoisotopic (exact) mass is 452 g/mol. The first-order valence-electron chi connectivity index (χ1n) is 10.8. The van der Waals surface area contributed by atoms with Crippen LogP contribution in [0.15, 0.2) is 97.1 Å². The molecule has 0 heterocycles. The number of hydrogen-bond donors (Lipinski definition) is 0. The van der Waals surface area contributed by atoms with Crippen LogP contribution in [0.5, 0.6) is 0 Å². The van der Waals surface area contributed by atoms with Crippen molar-refractivity contribution in [2.75, 3.05) is 0 Å². The standard InChI is InChI=1S/C30H16F4/c31-19-9-17(10-20(32)13-19)27-15-30-26-8-4-2-6-24(26)28(18-11-21(33)14-22(34)12-18)16-29(30)25-7-3-1-5-23(25)27/h1-16H. The van der Waals surface area contributed by atoms with Gasteiger partial charge in [-0.1, -0.05) is 48.5 Å². The minimum absolute atomic E-state index is 0.441. The molecule has 0 saturated carbocycles. The molecule has 0 aliphatic heterocycles. The predicted octanol–water partition coefficient (Wildman–Crippen LogP) is 9.04. The summed E-state index contributed by atoms with van der Waals surface area (Å²) in [4.78, 5) is 0. The summed E-state index contributed by atoms with van der Waals surface area (Å²) in [5, 5.41) is 5.18. The van der Waals surface area contributed by atoms with Crippen molar-refractivity contribution in [3.63, 3.8) is 0 Å². The molecule has 0 nitrogen and oxygen atoms in total. The first kappa shape index (κ1) is 20.4. The summed E-state index contributed by atoms with van der Waals surface area (Å²) in [6.07, 6.45) is 0. The Kier molecular flexibility index (Phi) is 4.63. The Labute approximate surface area is 192 Å². The first-order chi connectivity index (χ1) is 16.5. The molecular formula is C30H16F4. The number of benzene rings is 6. The molecule has 0 radical (unpaired) electrons. The van der Waals surface area contributed by atoms with Crippen molar-refractivity contribution in [1.82, 2.24) is 0 Å². The summed E-state index contributed by atoms with van der Waals surface area (Å²) in [6, 6.07) is 26.1. The van der Waals surface area contributed by atoms with Gasteiger partial charge in [0.05, 0.1) is 0 Å². The van der Waals surface area contributed by atoms with Crippen LogP contribution >= 0.6 is 0 Å². The summed E-state index contributed by atoms with van der Waals surface area (Å²) in [6.45, 7) is 0. The number of hydrogen-bond acceptors (Lipinski definition) is 0. The highest BCUT2D eigenvalue weighted by Gasteiger charge is 2.16. The molecule has 164 valence electrons. The van der Waals surface area contributed by atoms with E-state index in [0.29, 0.717) is 22.3 Å². The largest absolute Gasteiger partial charge is 0.207 e. The van der Waals surface area contributed by atoms with E-state index in [1.165, 1.54) is 24.3 Å². The van der Waals surface area contributed by atoms with E-state index in [9.17, 15) is 17.6 Å². The van der Waals surface area contributed by atoms with Crippen molar-refractivity contribution in [3.05, 3.63) is 120 Å². The molecule has 0 saturated heterocycles. The van der Waals surface area contributed by atoms with Gasteiger partial charge < -0.3 is 0 Å². The number of halogens is 4. The molecule has 0 aromatic heterocycles. The van der Waals surface area contributed by atoms with Gasteiger partial charge in [-0.25, -0.2) is 17.6 Å². The van der Waals surface area contributed by atoms with Gasteiger partial charge in [-0.05, 0) is 91.0 Å². The van der Waals surface area contributed by atoms with Gasteiger partial charge in [0, 0.05) is 12.1 Å². The van der Waals surface area contributed by atoms with Crippen LogP contribution in [0.2, 0.25) is 0 Å². The smallest absolute Gasteiger partial charge is 0.126 e. The zero-order valence-electron chi connectivity index (χ0n) is 17.7. The SMILES string of the molecule is Fc1cc(F)cc(-c2cc3c4ccccc4c(-c4cc(F)cc(F)c4)cc3c3ccccc23)c1. The highest BCUT2D eigenvalue weighted by molar-refractivity contribution is 6.23. The van der Waals surface area contributed by atoms with Crippen LogP contribution < -0.4 is 0 Å². The molecule has 0 atom stereocenters. The van der Waals surface area contributed by atoms with Gasteiger partial charge in [0.15, 0.2) is 0 Å². The van der Waals surface area contributed by atoms with Crippen molar-refractivity contribution in [2.45, 2.75) is 0 Å². The van der Waals surface area contributed by atoms with E-state index in [2.05, 4.69) is 0 Å². The van der Waals surface area contributed by atoms with Gasteiger partial charge in [0.2, 0.25) is 0 Å². The van der Waals surface area contributed by atoms with Crippen LogP contribution in [0.25, 0.3) is 54.6 Å². The van der Waals surface area contributed by atoms with Crippen molar-refractivity contribution < 1.29 is 17.6 Å². The third kappa shape index (κ3) is 3.30. The predicted molar refractivity (Wildman–Crippen MR) is 130 cm³/mol. The van der Waals surface area contributed by atoms with Crippen LogP contribution in [-0.2, 0) is 0 Å². The Morgan fingerprint density at radius 2 is 0.647 bits per heavy atom. The molecule has 6 aromatic carbocycles. The van der Waals surface area contributed by atoms with Crippen LogP contribution in [0, 0.1) is 23.3 Å². The van der Waals surface area contributed by atoms with Crippen LogP contribution in [0.3, 0.4) is 0 Å². The van der Waals surface area contributed by atoms with E-state index < -0.39 is 23.3 Å². The molecular weight excluding hydrogens is 436 g/mol. The lowest BCUT2D eigenvalue weighted by Gasteiger charge is -2.16. The molecule has 0 aliphatic rings. The van der Waals surface area contributed by atoms with Gasteiger partial charge in [-0.2, -0.15) is 0 Å². The van der Waals surface area contributed by atoms with Gasteiger partial charge in [0.25, 0.3) is 0 Å². The zero-order chi connectivity index (χ0) is 23.4. The maximum absolute atomic E-state index is 14.1. The normalized spacial score (nSPS) is 11.5. The molecule has 0 unspecified atom stereocenters. The van der Waals surface area contributed by atoms with Gasteiger partial charge in [-0.15, -0.1) is 0 Å². The van der Waals surface area contributed by atoms with Crippen molar-refractivity contribution >= 4 is 32.3 Å². The quantitative estimate of drug-likeness (QED) is 0.182. The Bertz CT molecular complexity index is 1580. The van der Waals surface area contributed by atoms with Gasteiger partial charge >= 0.3 is 0 Å². The fraction of sp³-hybridized carbons (Fsp3) is 0. The van der Waals surface area contributed by atoms with Crippen LogP contribution in [0.4, 0.5) is 17.6 Å². The van der Waals surface area contributed by atoms with Gasteiger partial charge in [0.1, 0.15) is 23.3 Å². The number of rotatable bonds is 2. The Balaban J connectivity index is 1.78. The lowest BCUT2D eigenvalue weighted by Crippen LogP contribution is -1.91. The summed E-state index contributed by atoms with van der Waals surface area (Å²) < 4.78 is 56.3. The molecule has 0 amide bonds. The summed E-state index contributed by atoms with van der Waals surface area (Å²) in [5.74, 6) is -2.58. The Morgan fingerprint density at radius 1 is 0.324 bits per heavy atom. The molecule has 0 spiro atoms. The molecule has 4 heteroatoms. The molecule has 34 heavy (non-hydrogen) atoms. The average Bonchev–Trinajstić information content (AvgIpc) is 2.81. The lowest BCUT2D eigenvalue weighted by molar-refractivity contribution is 0.583.